The summed E-state index contributed by atoms with van der Waals surface area (Å²) in [6.07, 6.45) is 6.90. The number of pyridine rings is 1. The van der Waals surface area contributed by atoms with Crippen LogP contribution in [-0.2, 0) is 6.54 Å². The van der Waals surface area contributed by atoms with E-state index in [1.165, 1.54) is 48.2 Å². The lowest BCUT2D eigenvalue weighted by atomic mass is 9.95. The molecule has 3 aromatic rings. The molecule has 2 aliphatic rings. The molecule has 5 rings (SSSR count). The Kier molecular flexibility index (Phi) is 5.53. The Morgan fingerprint density at radius 1 is 1.03 bits per heavy atom. The second-order valence-electron chi connectivity index (χ2n) is 8.87. The van der Waals surface area contributed by atoms with Crippen LogP contribution in [0.1, 0.15) is 66.0 Å². The highest BCUT2D eigenvalue weighted by Crippen LogP contribution is 2.44. The highest BCUT2D eigenvalue weighted by atomic mass is 32.1. The van der Waals surface area contributed by atoms with Gasteiger partial charge in [0.1, 0.15) is 0 Å². The Labute approximate surface area is 190 Å². The molecular weight excluding hydrogens is 400 g/mol. The molecule has 5 heteroatoms. The molecule has 2 atom stereocenters. The van der Waals surface area contributed by atoms with Crippen LogP contribution in [-0.4, -0.2) is 25.6 Å². The van der Waals surface area contributed by atoms with Crippen molar-refractivity contribution in [1.29, 1.82) is 0 Å². The normalized spacial score (nSPS) is 21.6. The molecule has 0 bridgehead atoms. The minimum Gasteiger partial charge on any atom is -0.352 e. The predicted molar refractivity (Wildman–Crippen MR) is 129 cm³/mol. The van der Waals surface area contributed by atoms with Crippen molar-refractivity contribution in [3.63, 3.8) is 0 Å². The van der Waals surface area contributed by atoms with Gasteiger partial charge in [0.15, 0.2) is 5.11 Å². The highest BCUT2D eigenvalue weighted by molar-refractivity contribution is 7.80. The molecule has 31 heavy (non-hydrogen) atoms. The highest BCUT2D eigenvalue weighted by Gasteiger charge is 2.44. The van der Waals surface area contributed by atoms with Gasteiger partial charge in [-0.05, 0) is 68.2 Å². The lowest BCUT2D eigenvalue weighted by Gasteiger charge is -2.33. The molecule has 4 nitrogen and oxygen atoms in total. The fourth-order valence-corrected chi connectivity index (χ4v) is 5.80. The Hall–Kier alpha value is -2.66. The number of aromatic nitrogens is 2. The zero-order valence-corrected chi connectivity index (χ0v) is 19.1. The largest absolute Gasteiger partial charge is 0.352 e. The van der Waals surface area contributed by atoms with Crippen LogP contribution in [0.4, 0.5) is 0 Å². The summed E-state index contributed by atoms with van der Waals surface area (Å²) in [6.45, 7) is 5.37. The first-order valence-electron chi connectivity index (χ1n) is 11.3. The summed E-state index contributed by atoms with van der Waals surface area (Å²) in [6, 6.07) is 20.0. The lowest BCUT2D eigenvalue weighted by Crippen LogP contribution is -2.37. The third kappa shape index (κ3) is 3.76. The maximum Gasteiger partial charge on any atom is 0.170 e. The van der Waals surface area contributed by atoms with Crippen molar-refractivity contribution in [1.82, 2.24) is 19.8 Å². The number of hydrogen-bond donors (Lipinski definition) is 1. The van der Waals surface area contributed by atoms with Gasteiger partial charge in [-0.25, -0.2) is 0 Å². The molecule has 1 saturated heterocycles. The molecular formula is C26H30N4S. The van der Waals surface area contributed by atoms with Gasteiger partial charge in [-0.3, -0.25) is 4.98 Å². The fourth-order valence-electron chi connectivity index (χ4n) is 5.41. The van der Waals surface area contributed by atoms with E-state index in [9.17, 15) is 0 Å². The number of benzene rings is 1. The summed E-state index contributed by atoms with van der Waals surface area (Å²) in [5.74, 6) is 0. The summed E-state index contributed by atoms with van der Waals surface area (Å²) in [4.78, 5) is 7.20. The van der Waals surface area contributed by atoms with Gasteiger partial charge in [0.05, 0.1) is 17.8 Å². The van der Waals surface area contributed by atoms with Crippen molar-refractivity contribution in [3.05, 3.63) is 89.0 Å². The molecule has 1 aliphatic heterocycles. The molecule has 0 spiro atoms. The zero-order valence-electron chi connectivity index (χ0n) is 18.3. The molecule has 0 radical (unpaired) electrons. The van der Waals surface area contributed by atoms with Crippen molar-refractivity contribution in [2.24, 2.45) is 0 Å². The molecule has 2 aromatic heterocycles. The third-order valence-corrected chi connectivity index (χ3v) is 7.30. The molecule has 1 aliphatic carbocycles. The van der Waals surface area contributed by atoms with Crippen molar-refractivity contribution in [3.8, 4) is 0 Å². The Morgan fingerprint density at radius 2 is 1.77 bits per heavy atom. The van der Waals surface area contributed by atoms with Crippen LogP contribution in [0.25, 0.3) is 0 Å². The number of thiocarbonyl (C=S) groups is 1. The summed E-state index contributed by atoms with van der Waals surface area (Å²) < 4.78 is 2.44. The van der Waals surface area contributed by atoms with E-state index in [1.807, 2.05) is 12.3 Å². The van der Waals surface area contributed by atoms with Crippen LogP contribution in [0.3, 0.4) is 0 Å². The Bertz CT molecular complexity index is 1050. The van der Waals surface area contributed by atoms with Gasteiger partial charge in [0, 0.05) is 30.2 Å². The van der Waals surface area contributed by atoms with Crippen molar-refractivity contribution in [2.75, 3.05) is 0 Å². The Balaban J connectivity index is 1.57. The van der Waals surface area contributed by atoms with Crippen LogP contribution in [0.5, 0.6) is 0 Å². The maximum atomic E-state index is 5.90. The molecule has 2 fully saturated rings. The molecule has 1 saturated carbocycles. The minimum absolute atomic E-state index is 0.0694. The molecule has 160 valence electrons. The van der Waals surface area contributed by atoms with E-state index in [2.05, 4.69) is 77.2 Å². The second-order valence-corrected chi connectivity index (χ2v) is 9.26. The van der Waals surface area contributed by atoms with Gasteiger partial charge >= 0.3 is 0 Å². The van der Waals surface area contributed by atoms with Crippen molar-refractivity contribution in [2.45, 2.75) is 64.2 Å². The quantitative estimate of drug-likeness (QED) is 0.545. The summed E-state index contributed by atoms with van der Waals surface area (Å²) in [5.41, 5.74) is 6.36. The topological polar surface area (TPSA) is 33.1 Å². The van der Waals surface area contributed by atoms with Crippen LogP contribution >= 0.6 is 12.2 Å². The van der Waals surface area contributed by atoms with Crippen LogP contribution < -0.4 is 5.32 Å². The van der Waals surface area contributed by atoms with Gasteiger partial charge in [0.2, 0.25) is 0 Å². The molecule has 1 aromatic carbocycles. The lowest BCUT2D eigenvalue weighted by molar-refractivity contribution is 0.245. The average Bonchev–Trinajstić information content (AvgIpc) is 3.50. The van der Waals surface area contributed by atoms with E-state index >= 15 is 0 Å². The number of nitrogens with one attached hydrogen (secondary N) is 1. The van der Waals surface area contributed by atoms with Crippen LogP contribution in [0.15, 0.2) is 60.8 Å². The zero-order chi connectivity index (χ0) is 21.4. The first-order chi connectivity index (χ1) is 15.1. The van der Waals surface area contributed by atoms with Gasteiger partial charge in [-0.15, -0.1) is 0 Å². The van der Waals surface area contributed by atoms with Crippen LogP contribution in [0.2, 0.25) is 0 Å². The van der Waals surface area contributed by atoms with Gasteiger partial charge < -0.3 is 14.8 Å². The first kappa shape index (κ1) is 20.3. The van der Waals surface area contributed by atoms with Gasteiger partial charge in [-0.1, -0.05) is 49.2 Å². The number of hydrogen-bond acceptors (Lipinski definition) is 2. The SMILES string of the molecule is Cc1cc([C@@H]2[C@H](c3ccccn3)NC(=S)N2C2CCCC2)c(C)n1Cc1ccccc1. The summed E-state index contributed by atoms with van der Waals surface area (Å²) >= 11 is 5.90. The van der Waals surface area contributed by atoms with E-state index in [0.29, 0.717) is 6.04 Å². The van der Waals surface area contributed by atoms with Crippen LogP contribution in [0, 0.1) is 13.8 Å². The minimum atomic E-state index is 0.0694. The van der Waals surface area contributed by atoms with E-state index in [4.69, 9.17) is 17.2 Å². The Morgan fingerprint density at radius 3 is 2.48 bits per heavy atom. The molecule has 1 N–H and O–H groups in total. The first-order valence-corrected chi connectivity index (χ1v) is 11.7. The maximum absolute atomic E-state index is 5.90. The fraction of sp³-hybridized carbons (Fsp3) is 0.385. The van der Waals surface area contributed by atoms with E-state index in [-0.39, 0.29) is 12.1 Å². The second kappa shape index (κ2) is 8.46. The smallest absolute Gasteiger partial charge is 0.170 e. The van der Waals surface area contributed by atoms with E-state index < -0.39 is 0 Å². The number of rotatable bonds is 5. The van der Waals surface area contributed by atoms with E-state index in [1.54, 1.807) is 0 Å². The van der Waals surface area contributed by atoms with Gasteiger partial charge in [-0.2, -0.15) is 0 Å². The van der Waals surface area contributed by atoms with E-state index in [0.717, 1.165) is 17.4 Å². The predicted octanol–water partition coefficient (Wildman–Crippen LogP) is 5.46. The molecule has 3 heterocycles. The summed E-state index contributed by atoms with van der Waals surface area (Å²) in [5, 5.41) is 4.51. The third-order valence-electron chi connectivity index (χ3n) is 6.97. The monoisotopic (exact) mass is 430 g/mol. The van der Waals surface area contributed by atoms with Gasteiger partial charge in [0.25, 0.3) is 0 Å². The summed E-state index contributed by atoms with van der Waals surface area (Å²) in [7, 11) is 0. The van der Waals surface area contributed by atoms with Crippen molar-refractivity contribution < 1.29 is 0 Å². The van der Waals surface area contributed by atoms with Crippen molar-refractivity contribution >= 4 is 17.3 Å². The number of aryl methyl sites for hydroxylation is 1. The number of nitrogens with zero attached hydrogens (tertiary/aromatic N) is 3. The standard InChI is InChI=1S/C26H30N4S/c1-18-16-22(19(2)29(18)17-20-10-4-3-5-11-20)25-24(23-14-8-9-15-27-23)28-26(31)30(25)21-12-6-7-13-21/h3-5,8-11,14-16,21,24-25H,6-7,12-13,17H2,1-2H3,(H,28,31)/t24-,25+/m0/s1. The average molecular weight is 431 g/mol. The molecule has 0 unspecified atom stereocenters. The molecule has 0 amide bonds.